The quantitative estimate of drug-likeness (QED) is 0.499. The minimum atomic E-state index is -0.927. The summed E-state index contributed by atoms with van der Waals surface area (Å²) < 4.78 is 0. The minimum Gasteiger partial charge on any atom is -0.481 e. The van der Waals surface area contributed by atoms with Crippen LogP contribution in [0.15, 0.2) is 0 Å². The van der Waals surface area contributed by atoms with E-state index in [2.05, 4.69) is 15.5 Å². The maximum Gasteiger partial charge on any atom is 0.314 e. The van der Waals surface area contributed by atoms with Crippen LogP contribution in [-0.2, 0) is 4.79 Å². The van der Waals surface area contributed by atoms with E-state index in [1.54, 1.807) is 0 Å². The Hall–Kier alpha value is -1.34. The molecular formula is C12H23N3O4. The van der Waals surface area contributed by atoms with Crippen LogP contribution in [0.1, 0.15) is 19.3 Å². The van der Waals surface area contributed by atoms with Crippen molar-refractivity contribution in [2.75, 3.05) is 39.3 Å². The third-order valence-electron chi connectivity index (χ3n) is 3.20. The van der Waals surface area contributed by atoms with Gasteiger partial charge >= 0.3 is 12.0 Å². The van der Waals surface area contributed by atoms with Gasteiger partial charge in [0.25, 0.3) is 0 Å². The van der Waals surface area contributed by atoms with E-state index in [0.717, 1.165) is 32.5 Å². The number of carbonyl (C=O) groups is 2. The van der Waals surface area contributed by atoms with E-state index in [4.69, 9.17) is 10.2 Å². The zero-order chi connectivity index (χ0) is 14.1. The lowest BCUT2D eigenvalue weighted by atomic mass is 9.99. The fourth-order valence-corrected chi connectivity index (χ4v) is 2.18. The fraction of sp³-hybridized carbons (Fsp3) is 0.833. The summed E-state index contributed by atoms with van der Waals surface area (Å²) in [4.78, 5) is 23.8. The Morgan fingerprint density at radius 3 is 2.68 bits per heavy atom. The summed E-state index contributed by atoms with van der Waals surface area (Å²) in [5, 5.41) is 22.7. The molecule has 19 heavy (non-hydrogen) atoms. The molecule has 0 aromatic carbocycles. The second kappa shape index (κ2) is 8.71. The first-order valence-electron chi connectivity index (χ1n) is 6.68. The molecule has 0 aromatic heterocycles. The van der Waals surface area contributed by atoms with Crippen molar-refractivity contribution in [1.82, 2.24) is 15.5 Å². The van der Waals surface area contributed by atoms with Gasteiger partial charge in [0.1, 0.15) is 0 Å². The van der Waals surface area contributed by atoms with E-state index in [0.29, 0.717) is 12.5 Å². The Bertz CT molecular complexity index is 299. The summed E-state index contributed by atoms with van der Waals surface area (Å²) in [5.74, 6) is -0.582. The first kappa shape index (κ1) is 15.7. The molecule has 1 atom stereocenters. The Morgan fingerprint density at radius 1 is 1.26 bits per heavy atom. The fourth-order valence-electron chi connectivity index (χ4n) is 2.18. The zero-order valence-electron chi connectivity index (χ0n) is 11.1. The Balaban J connectivity index is 2.06. The van der Waals surface area contributed by atoms with Gasteiger partial charge in [-0.2, -0.15) is 0 Å². The van der Waals surface area contributed by atoms with Gasteiger partial charge < -0.3 is 25.7 Å². The van der Waals surface area contributed by atoms with Gasteiger partial charge in [0.05, 0.1) is 6.42 Å². The number of carboxylic acids is 1. The van der Waals surface area contributed by atoms with Crippen LogP contribution in [0.3, 0.4) is 0 Å². The standard InChI is InChI=1S/C12H23N3O4/c16-9-10-2-1-6-15(8-10)7-5-14-12(19)13-4-3-11(17)18/h10,16H,1-9H2,(H,17,18)(H2,13,14,19). The maximum atomic E-state index is 11.3. The SMILES string of the molecule is O=C(O)CCNC(=O)NCCN1CCCC(CO)C1. The van der Waals surface area contributed by atoms with E-state index >= 15 is 0 Å². The highest BCUT2D eigenvalue weighted by atomic mass is 16.4. The van der Waals surface area contributed by atoms with Gasteiger partial charge in [-0.1, -0.05) is 0 Å². The molecule has 0 aliphatic carbocycles. The Labute approximate surface area is 113 Å². The summed E-state index contributed by atoms with van der Waals surface area (Å²) in [7, 11) is 0. The van der Waals surface area contributed by atoms with Crippen LogP contribution in [0.4, 0.5) is 4.79 Å². The normalized spacial score (nSPS) is 19.9. The van der Waals surface area contributed by atoms with Gasteiger partial charge in [-0.15, -0.1) is 0 Å². The molecule has 0 aromatic rings. The highest BCUT2D eigenvalue weighted by molar-refractivity contribution is 5.74. The first-order valence-corrected chi connectivity index (χ1v) is 6.68. The molecule has 110 valence electrons. The predicted octanol–water partition coefficient (Wildman–Crippen LogP) is -0.535. The van der Waals surface area contributed by atoms with Gasteiger partial charge in [0.2, 0.25) is 0 Å². The van der Waals surface area contributed by atoms with Gasteiger partial charge in [0.15, 0.2) is 0 Å². The zero-order valence-corrected chi connectivity index (χ0v) is 11.1. The largest absolute Gasteiger partial charge is 0.481 e. The third kappa shape index (κ3) is 6.97. The molecular weight excluding hydrogens is 250 g/mol. The third-order valence-corrected chi connectivity index (χ3v) is 3.20. The molecule has 1 saturated heterocycles. The highest BCUT2D eigenvalue weighted by Gasteiger charge is 2.18. The summed E-state index contributed by atoms with van der Waals surface area (Å²) >= 11 is 0. The van der Waals surface area contributed by atoms with Crippen molar-refractivity contribution in [2.24, 2.45) is 5.92 Å². The number of aliphatic hydroxyl groups is 1. The number of carboxylic acid groups (broad SMARTS) is 1. The predicted molar refractivity (Wildman–Crippen MR) is 69.9 cm³/mol. The van der Waals surface area contributed by atoms with E-state index in [1.165, 1.54) is 0 Å². The number of hydrogen-bond donors (Lipinski definition) is 4. The topological polar surface area (TPSA) is 102 Å². The number of hydrogen-bond acceptors (Lipinski definition) is 4. The molecule has 7 nitrogen and oxygen atoms in total. The molecule has 1 aliphatic rings. The van der Waals surface area contributed by atoms with Crippen molar-refractivity contribution >= 4 is 12.0 Å². The second-order valence-electron chi connectivity index (χ2n) is 4.82. The molecule has 0 spiro atoms. The number of carbonyl (C=O) groups excluding carboxylic acids is 1. The van der Waals surface area contributed by atoms with Crippen LogP contribution < -0.4 is 10.6 Å². The lowest BCUT2D eigenvalue weighted by Gasteiger charge is -2.31. The van der Waals surface area contributed by atoms with Gasteiger partial charge in [-0.25, -0.2) is 4.79 Å². The average Bonchev–Trinajstić information content (AvgIpc) is 2.38. The molecule has 0 radical (unpaired) electrons. The molecule has 0 bridgehead atoms. The molecule has 1 aliphatic heterocycles. The van der Waals surface area contributed by atoms with Crippen LogP contribution >= 0.6 is 0 Å². The maximum absolute atomic E-state index is 11.3. The monoisotopic (exact) mass is 273 g/mol. The number of amides is 2. The number of rotatable bonds is 7. The van der Waals surface area contributed by atoms with E-state index in [9.17, 15) is 9.59 Å². The number of nitrogens with one attached hydrogen (secondary N) is 2. The summed E-state index contributed by atoms with van der Waals surface area (Å²) in [6.07, 6.45) is 2.07. The smallest absolute Gasteiger partial charge is 0.314 e. The van der Waals surface area contributed by atoms with Crippen LogP contribution in [0.2, 0.25) is 0 Å². The molecule has 7 heteroatoms. The van der Waals surface area contributed by atoms with Crippen molar-refractivity contribution in [3.8, 4) is 0 Å². The Kier molecular flexibility index (Phi) is 7.20. The van der Waals surface area contributed by atoms with Crippen LogP contribution in [0.25, 0.3) is 0 Å². The van der Waals surface area contributed by atoms with Crippen LogP contribution in [0, 0.1) is 5.92 Å². The average molecular weight is 273 g/mol. The van der Waals surface area contributed by atoms with Gasteiger partial charge in [-0.05, 0) is 25.3 Å². The van der Waals surface area contributed by atoms with Crippen molar-refractivity contribution in [3.05, 3.63) is 0 Å². The Morgan fingerprint density at radius 2 is 2.00 bits per heavy atom. The van der Waals surface area contributed by atoms with E-state index < -0.39 is 5.97 Å². The highest BCUT2D eigenvalue weighted by Crippen LogP contribution is 2.14. The second-order valence-corrected chi connectivity index (χ2v) is 4.82. The molecule has 1 heterocycles. The molecule has 1 unspecified atom stereocenters. The number of likely N-dealkylation sites (tertiary alicyclic amines) is 1. The van der Waals surface area contributed by atoms with E-state index in [1.807, 2.05) is 0 Å². The van der Waals surface area contributed by atoms with Crippen molar-refractivity contribution in [1.29, 1.82) is 0 Å². The lowest BCUT2D eigenvalue weighted by molar-refractivity contribution is -0.136. The summed E-state index contributed by atoms with van der Waals surface area (Å²) in [6.45, 7) is 3.51. The summed E-state index contributed by atoms with van der Waals surface area (Å²) in [5.41, 5.74) is 0. The number of aliphatic hydroxyl groups excluding tert-OH is 1. The molecule has 1 fully saturated rings. The number of nitrogens with zero attached hydrogens (tertiary/aromatic N) is 1. The summed E-state index contributed by atoms with van der Waals surface area (Å²) in [6, 6.07) is -0.336. The van der Waals surface area contributed by atoms with E-state index in [-0.39, 0.29) is 25.6 Å². The van der Waals surface area contributed by atoms with Gasteiger partial charge in [0, 0.05) is 32.8 Å². The number of urea groups is 1. The van der Waals surface area contributed by atoms with Crippen molar-refractivity contribution in [2.45, 2.75) is 19.3 Å². The first-order chi connectivity index (χ1) is 9.11. The molecule has 1 rings (SSSR count). The van der Waals surface area contributed by atoms with Crippen LogP contribution in [-0.4, -0.2) is 66.4 Å². The van der Waals surface area contributed by atoms with Crippen molar-refractivity contribution < 1.29 is 19.8 Å². The molecule has 4 N–H and O–H groups in total. The number of aliphatic carboxylic acids is 1. The molecule has 0 saturated carbocycles. The van der Waals surface area contributed by atoms with Crippen molar-refractivity contribution in [3.63, 3.8) is 0 Å². The number of piperidine rings is 1. The van der Waals surface area contributed by atoms with Gasteiger partial charge in [-0.3, -0.25) is 4.79 Å². The minimum absolute atomic E-state index is 0.0717. The molecule has 2 amide bonds. The lowest BCUT2D eigenvalue weighted by Crippen LogP contribution is -2.44. The van der Waals surface area contributed by atoms with Crippen LogP contribution in [0.5, 0.6) is 0 Å².